The van der Waals surface area contributed by atoms with E-state index < -0.39 is 0 Å². The van der Waals surface area contributed by atoms with Crippen LogP contribution in [-0.2, 0) is 7.05 Å². The summed E-state index contributed by atoms with van der Waals surface area (Å²) in [5, 5.41) is 0.794. The average molecular weight is 116 g/mol. The van der Waals surface area contributed by atoms with Gasteiger partial charge in [-0.15, -0.1) is 0 Å². The maximum absolute atomic E-state index is 5.54. The molecule has 0 aliphatic heterocycles. The van der Waals surface area contributed by atoms with Crippen LogP contribution in [0.2, 0.25) is 5.02 Å². The second kappa shape index (κ2) is 1.58. The van der Waals surface area contributed by atoms with Crippen LogP contribution in [0.5, 0.6) is 0 Å². The molecule has 1 aromatic heterocycles. The highest BCUT2D eigenvalue weighted by Gasteiger charge is 1.82. The van der Waals surface area contributed by atoms with E-state index in [1.54, 1.807) is 0 Å². The topological polar surface area (TPSA) is 4.93 Å². The summed E-state index contributed by atoms with van der Waals surface area (Å²) in [6.45, 7) is 0. The first-order valence-electron chi connectivity index (χ1n) is 2.06. The number of aromatic nitrogens is 1. The highest BCUT2D eigenvalue weighted by Crippen LogP contribution is 2.04. The maximum atomic E-state index is 5.54. The summed E-state index contributed by atoms with van der Waals surface area (Å²) in [6, 6.07) is 1.85. The van der Waals surface area contributed by atoms with Gasteiger partial charge in [0.2, 0.25) is 0 Å². The van der Waals surface area contributed by atoms with Crippen LogP contribution in [0, 0.1) is 0 Å². The fourth-order valence-corrected chi connectivity index (χ4v) is 0.680. The van der Waals surface area contributed by atoms with Crippen molar-refractivity contribution in [3.05, 3.63) is 23.5 Å². The number of hydrogen-bond acceptors (Lipinski definition) is 0. The zero-order valence-electron chi connectivity index (χ0n) is 4.06. The van der Waals surface area contributed by atoms with Gasteiger partial charge in [0, 0.05) is 19.4 Å². The molecule has 0 atom stereocenters. The van der Waals surface area contributed by atoms with Gasteiger partial charge in [-0.05, 0) is 6.07 Å². The zero-order chi connectivity index (χ0) is 5.28. The molecule has 0 amide bonds. The monoisotopic (exact) mass is 115 g/mol. The molecule has 7 heavy (non-hydrogen) atoms. The Balaban J connectivity index is 3.04. The third-order valence-corrected chi connectivity index (χ3v) is 1.02. The molecule has 1 aromatic rings. The SMILES string of the molecule is Cn1ccc(Cl)c1. The molecule has 0 N–H and O–H groups in total. The highest BCUT2D eigenvalue weighted by atomic mass is 35.5. The van der Waals surface area contributed by atoms with Crippen LogP contribution in [0.3, 0.4) is 0 Å². The molecule has 0 aromatic carbocycles. The van der Waals surface area contributed by atoms with Gasteiger partial charge in [0.15, 0.2) is 0 Å². The Morgan fingerprint density at radius 1 is 1.71 bits per heavy atom. The minimum absolute atomic E-state index is 0.794. The molecule has 1 nitrogen and oxygen atoms in total. The Morgan fingerprint density at radius 2 is 2.43 bits per heavy atom. The van der Waals surface area contributed by atoms with Crippen LogP contribution in [-0.4, -0.2) is 4.57 Å². The number of hydrogen-bond donors (Lipinski definition) is 0. The van der Waals surface area contributed by atoms with Gasteiger partial charge in [-0.2, -0.15) is 0 Å². The van der Waals surface area contributed by atoms with Crippen LogP contribution < -0.4 is 0 Å². The average Bonchev–Trinajstić information content (AvgIpc) is 1.87. The van der Waals surface area contributed by atoms with E-state index in [1.807, 2.05) is 30.1 Å². The van der Waals surface area contributed by atoms with E-state index in [0.717, 1.165) is 5.02 Å². The molecule has 38 valence electrons. The lowest BCUT2D eigenvalue weighted by atomic mass is 10.7. The van der Waals surface area contributed by atoms with Gasteiger partial charge in [0.1, 0.15) is 0 Å². The smallest absolute Gasteiger partial charge is 0.0582 e. The van der Waals surface area contributed by atoms with E-state index in [0.29, 0.717) is 0 Å². The lowest BCUT2D eigenvalue weighted by molar-refractivity contribution is 0.928. The first-order chi connectivity index (χ1) is 3.29. The quantitative estimate of drug-likeness (QED) is 0.485. The minimum atomic E-state index is 0.794. The van der Waals surface area contributed by atoms with Crippen molar-refractivity contribution in [1.29, 1.82) is 0 Å². The zero-order valence-corrected chi connectivity index (χ0v) is 4.81. The van der Waals surface area contributed by atoms with Crippen LogP contribution >= 0.6 is 11.6 Å². The van der Waals surface area contributed by atoms with Crippen molar-refractivity contribution < 1.29 is 0 Å². The van der Waals surface area contributed by atoms with Gasteiger partial charge in [0.25, 0.3) is 0 Å². The Morgan fingerprint density at radius 3 is 2.57 bits per heavy atom. The van der Waals surface area contributed by atoms with Gasteiger partial charge in [0.05, 0.1) is 5.02 Å². The predicted molar refractivity (Wildman–Crippen MR) is 30.4 cm³/mol. The molecule has 2 heteroatoms. The first-order valence-corrected chi connectivity index (χ1v) is 2.44. The van der Waals surface area contributed by atoms with Gasteiger partial charge in [-0.1, -0.05) is 11.6 Å². The van der Waals surface area contributed by atoms with Crippen LogP contribution in [0.4, 0.5) is 0 Å². The highest BCUT2D eigenvalue weighted by molar-refractivity contribution is 6.30. The van der Waals surface area contributed by atoms with Crippen molar-refractivity contribution in [2.24, 2.45) is 7.05 Å². The summed E-state index contributed by atoms with van der Waals surface area (Å²) in [7, 11) is 1.94. The van der Waals surface area contributed by atoms with E-state index in [4.69, 9.17) is 11.6 Å². The summed E-state index contributed by atoms with van der Waals surface area (Å²) in [5.74, 6) is 0. The lowest BCUT2D eigenvalue weighted by Gasteiger charge is -1.80. The molecular weight excluding hydrogens is 110 g/mol. The van der Waals surface area contributed by atoms with Gasteiger partial charge >= 0.3 is 0 Å². The molecule has 0 aliphatic carbocycles. The first kappa shape index (κ1) is 4.72. The summed E-state index contributed by atoms with van der Waals surface area (Å²) < 4.78 is 1.91. The largest absolute Gasteiger partial charge is 0.356 e. The van der Waals surface area contributed by atoms with E-state index in [2.05, 4.69) is 0 Å². The minimum Gasteiger partial charge on any atom is -0.356 e. The van der Waals surface area contributed by atoms with Gasteiger partial charge in [-0.3, -0.25) is 0 Å². The van der Waals surface area contributed by atoms with E-state index in [9.17, 15) is 0 Å². The summed E-state index contributed by atoms with van der Waals surface area (Å²) >= 11 is 5.54. The van der Waals surface area contributed by atoms with Crippen molar-refractivity contribution in [2.45, 2.75) is 0 Å². The molecule has 0 fully saturated rings. The predicted octanol–water partition coefficient (Wildman–Crippen LogP) is 1.68. The summed E-state index contributed by atoms with van der Waals surface area (Å²) in [5.41, 5.74) is 0. The van der Waals surface area contributed by atoms with Crippen molar-refractivity contribution in [1.82, 2.24) is 4.57 Å². The molecule has 0 aliphatic rings. The Kier molecular flexibility index (Phi) is 1.07. The molecular formula is C5H6ClN. The molecule has 0 unspecified atom stereocenters. The van der Waals surface area contributed by atoms with Crippen molar-refractivity contribution >= 4 is 11.6 Å². The Labute approximate surface area is 47.5 Å². The fourth-order valence-electron chi connectivity index (χ4n) is 0.469. The Bertz CT molecular complexity index is 140. The fraction of sp³-hybridized carbons (Fsp3) is 0.200. The third kappa shape index (κ3) is 0.967. The summed E-state index contributed by atoms with van der Waals surface area (Å²) in [4.78, 5) is 0. The second-order valence-corrected chi connectivity index (χ2v) is 1.93. The molecule has 0 spiro atoms. The van der Waals surface area contributed by atoms with Crippen molar-refractivity contribution in [3.63, 3.8) is 0 Å². The maximum Gasteiger partial charge on any atom is 0.0582 e. The second-order valence-electron chi connectivity index (χ2n) is 1.50. The molecule has 0 saturated heterocycles. The number of nitrogens with zero attached hydrogens (tertiary/aromatic N) is 1. The molecule has 0 radical (unpaired) electrons. The molecule has 0 saturated carbocycles. The van der Waals surface area contributed by atoms with Gasteiger partial charge in [-0.25, -0.2) is 0 Å². The van der Waals surface area contributed by atoms with Crippen LogP contribution in [0.25, 0.3) is 0 Å². The van der Waals surface area contributed by atoms with E-state index in [1.165, 1.54) is 0 Å². The van der Waals surface area contributed by atoms with Crippen molar-refractivity contribution in [3.8, 4) is 0 Å². The van der Waals surface area contributed by atoms with Crippen LogP contribution in [0.15, 0.2) is 18.5 Å². The van der Waals surface area contributed by atoms with E-state index >= 15 is 0 Å². The molecule has 1 heterocycles. The summed E-state index contributed by atoms with van der Waals surface area (Å²) in [6.07, 6.45) is 3.75. The lowest BCUT2D eigenvalue weighted by Crippen LogP contribution is -1.75. The van der Waals surface area contributed by atoms with Crippen LogP contribution in [0.1, 0.15) is 0 Å². The van der Waals surface area contributed by atoms with Gasteiger partial charge < -0.3 is 4.57 Å². The van der Waals surface area contributed by atoms with E-state index in [-0.39, 0.29) is 0 Å². The molecule has 1 rings (SSSR count). The number of aryl methyl sites for hydroxylation is 1. The number of halogens is 1. The standard InChI is InChI=1S/C5H6ClN/c1-7-3-2-5(6)4-7/h2-4H,1H3. The Hall–Kier alpha value is -0.430. The number of rotatable bonds is 0. The molecule has 0 bridgehead atoms. The normalized spacial score (nSPS) is 9.43. The third-order valence-electron chi connectivity index (χ3n) is 0.796. The van der Waals surface area contributed by atoms with Crippen molar-refractivity contribution in [2.75, 3.05) is 0 Å².